The van der Waals surface area contributed by atoms with Crippen molar-refractivity contribution in [3.8, 4) is 0 Å². The van der Waals surface area contributed by atoms with Gasteiger partial charge in [-0.25, -0.2) is 9.59 Å². The average molecular weight is 351 g/mol. The molecular formula is C18H25NO6. The second kappa shape index (κ2) is 9.05. The molecule has 1 aromatic carbocycles. The number of benzene rings is 1. The first-order valence-electron chi connectivity index (χ1n) is 8.01. The summed E-state index contributed by atoms with van der Waals surface area (Å²) in [6.07, 6.45) is -0.894. The Morgan fingerprint density at radius 2 is 1.76 bits per heavy atom. The van der Waals surface area contributed by atoms with E-state index < -0.39 is 35.6 Å². The van der Waals surface area contributed by atoms with Crippen LogP contribution in [-0.4, -0.2) is 34.8 Å². The lowest BCUT2D eigenvalue weighted by molar-refractivity contribution is -0.149. The summed E-state index contributed by atoms with van der Waals surface area (Å²) in [5.74, 6) is -2.60. The van der Waals surface area contributed by atoms with Crippen LogP contribution >= 0.6 is 0 Å². The fraction of sp³-hybridized carbons (Fsp3) is 0.500. The van der Waals surface area contributed by atoms with Crippen LogP contribution < -0.4 is 5.32 Å². The van der Waals surface area contributed by atoms with Crippen LogP contribution in [0.5, 0.6) is 0 Å². The van der Waals surface area contributed by atoms with Crippen LogP contribution in [0.2, 0.25) is 0 Å². The van der Waals surface area contributed by atoms with E-state index >= 15 is 0 Å². The first-order chi connectivity index (χ1) is 11.6. The van der Waals surface area contributed by atoms with E-state index in [4.69, 9.17) is 14.6 Å². The van der Waals surface area contributed by atoms with Crippen LogP contribution in [0.4, 0.5) is 4.79 Å². The Hall–Kier alpha value is -2.57. The molecule has 0 bridgehead atoms. The van der Waals surface area contributed by atoms with E-state index in [2.05, 4.69) is 5.32 Å². The number of alkyl carbamates (subject to hydrolysis) is 1. The number of ether oxygens (including phenoxy) is 2. The lowest BCUT2D eigenvalue weighted by Crippen LogP contribution is -2.45. The average Bonchev–Trinajstić information content (AvgIpc) is 2.50. The molecule has 1 rings (SSSR count). The summed E-state index contributed by atoms with van der Waals surface area (Å²) < 4.78 is 10.3. The Labute approximate surface area is 147 Å². The molecular weight excluding hydrogens is 326 g/mol. The molecule has 1 aromatic rings. The number of rotatable bonds is 7. The zero-order chi connectivity index (χ0) is 19.0. The van der Waals surface area contributed by atoms with Crippen LogP contribution in [0.25, 0.3) is 0 Å². The number of esters is 1. The molecule has 7 nitrogen and oxygen atoms in total. The fourth-order valence-corrected chi connectivity index (χ4v) is 1.95. The summed E-state index contributed by atoms with van der Waals surface area (Å²) in [5.41, 5.74) is 0.0548. The smallest absolute Gasteiger partial charge is 0.408 e. The zero-order valence-electron chi connectivity index (χ0n) is 14.9. The van der Waals surface area contributed by atoms with Gasteiger partial charge in [0.25, 0.3) is 0 Å². The van der Waals surface area contributed by atoms with Gasteiger partial charge in [-0.05, 0) is 32.8 Å². The number of amides is 1. The van der Waals surface area contributed by atoms with Crippen molar-refractivity contribution in [1.29, 1.82) is 0 Å². The second-order valence-corrected chi connectivity index (χ2v) is 6.77. The SMILES string of the molecule is C[C@@H](C[C@H](NC(=O)OC(C)(C)C)C(=O)OCc1ccccc1)C(=O)O. The minimum Gasteiger partial charge on any atom is -0.481 e. The molecule has 0 aliphatic rings. The summed E-state index contributed by atoms with van der Waals surface area (Å²) in [4.78, 5) is 35.3. The number of aliphatic carboxylic acids is 1. The Morgan fingerprint density at radius 1 is 1.16 bits per heavy atom. The van der Waals surface area contributed by atoms with Crippen LogP contribution in [0.15, 0.2) is 30.3 Å². The summed E-state index contributed by atoms with van der Waals surface area (Å²) in [5, 5.41) is 11.4. The highest BCUT2D eigenvalue weighted by Gasteiger charge is 2.29. The van der Waals surface area contributed by atoms with Gasteiger partial charge in [-0.1, -0.05) is 37.3 Å². The second-order valence-electron chi connectivity index (χ2n) is 6.77. The molecule has 0 aliphatic carbocycles. The van der Waals surface area contributed by atoms with E-state index in [1.54, 1.807) is 32.9 Å². The molecule has 2 atom stereocenters. The molecule has 1 amide bonds. The minimum absolute atomic E-state index is 0.0353. The standard InChI is InChI=1S/C18H25NO6/c1-12(15(20)21)10-14(19-17(23)25-18(2,3)4)16(22)24-11-13-8-6-5-7-9-13/h5-9,12,14H,10-11H2,1-4H3,(H,19,23)(H,20,21)/t12-,14-/m0/s1. The highest BCUT2D eigenvalue weighted by Crippen LogP contribution is 2.12. The van der Waals surface area contributed by atoms with Crippen molar-refractivity contribution in [3.63, 3.8) is 0 Å². The zero-order valence-corrected chi connectivity index (χ0v) is 14.9. The minimum atomic E-state index is -1.11. The molecule has 0 radical (unpaired) electrons. The third-order valence-corrected chi connectivity index (χ3v) is 3.21. The van der Waals surface area contributed by atoms with Crippen molar-refractivity contribution in [3.05, 3.63) is 35.9 Å². The van der Waals surface area contributed by atoms with Crippen molar-refractivity contribution >= 4 is 18.0 Å². The first kappa shape index (κ1) is 20.5. The number of carbonyl (C=O) groups is 3. The Bertz CT molecular complexity index is 593. The maximum absolute atomic E-state index is 12.3. The predicted octanol–water partition coefficient (Wildman–Crippen LogP) is 2.73. The van der Waals surface area contributed by atoms with Gasteiger partial charge in [0.1, 0.15) is 18.2 Å². The molecule has 0 aliphatic heterocycles. The van der Waals surface area contributed by atoms with E-state index in [1.807, 2.05) is 18.2 Å². The van der Waals surface area contributed by atoms with Gasteiger partial charge in [-0.2, -0.15) is 0 Å². The Morgan fingerprint density at radius 3 is 2.28 bits per heavy atom. The van der Waals surface area contributed by atoms with E-state index in [0.717, 1.165) is 5.56 Å². The molecule has 138 valence electrons. The monoisotopic (exact) mass is 351 g/mol. The molecule has 0 heterocycles. The van der Waals surface area contributed by atoms with Gasteiger partial charge < -0.3 is 19.9 Å². The van der Waals surface area contributed by atoms with Crippen molar-refractivity contribution in [1.82, 2.24) is 5.32 Å². The number of hydrogen-bond donors (Lipinski definition) is 2. The van der Waals surface area contributed by atoms with Crippen molar-refractivity contribution in [2.75, 3.05) is 0 Å². The van der Waals surface area contributed by atoms with Crippen LogP contribution in [0.3, 0.4) is 0 Å². The quantitative estimate of drug-likeness (QED) is 0.732. The van der Waals surface area contributed by atoms with Gasteiger partial charge in [0.15, 0.2) is 0 Å². The van der Waals surface area contributed by atoms with Gasteiger partial charge in [0, 0.05) is 0 Å². The molecule has 25 heavy (non-hydrogen) atoms. The van der Waals surface area contributed by atoms with Crippen molar-refractivity contribution in [2.45, 2.75) is 52.4 Å². The molecule has 2 N–H and O–H groups in total. The van der Waals surface area contributed by atoms with Gasteiger partial charge in [-0.3, -0.25) is 4.79 Å². The van der Waals surface area contributed by atoms with Gasteiger partial charge in [-0.15, -0.1) is 0 Å². The number of carbonyl (C=O) groups excluding carboxylic acids is 2. The van der Waals surface area contributed by atoms with E-state index in [-0.39, 0.29) is 13.0 Å². The number of hydrogen-bond acceptors (Lipinski definition) is 5. The molecule has 0 unspecified atom stereocenters. The largest absolute Gasteiger partial charge is 0.481 e. The maximum atomic E-state index is 12.3. The lowest BCUT2D eigenvalue weighted by Gasteiger charge is -2.23. The van der Waals surface area contributed by atoms with Crippen molar-refractivity contribution in [2.24, 2.45) is 5.92 Å². The molecule has 0 fully saturated rings. The third-order valence-electron chi connectivity index (χ3n) is 3.21. The van der Waals surface area contributed by atoms with Crippen molar-refractivity contribution < 1.29 is 29.0 Å². The van der Waals surface area contributed by atoms with E-state index in [9.17, 15) is 14.4 Å². The molecule has 0 saturated heterocycles. The van der Waals surface area contributed by atoms with Crippen LogP contribution in [-0.2, 0) is 25.7 Å². The Balaban J connectivity index is 2.73. The topological polar surface area (TPSA) is 102 Å². The third kappa shape index (κ3) is 8.19. The summed E-state index contributed by atoms with van der Waals surface area (Å²) in [6, 6.07) is 7.95. The lowest BCUT2D eigenvalue weighted by atomic mass is 10.0. The summed E-state index contributed by atoms with van der Waals surface area (Å²) in [6.45, 7) is 6.56. The first-order valence-corrected chi connectivity index (χ1v) is 8.01. The normalized spacial score (nSPS) is 13.4. The number of carboxylic acids is 1. The number of carboxylic acid groups (broad SMARTS) is 1. The fourth-order valence-electron chi connectivity index (χ4n) is 1.95. The van der Waals surface area contributed by atoms with Gasteiger partial charge in [0.05, 0.1) is 5.92 Å². The number of nitrogens with one attached hydrogen (secondary N) is 1. The van der Waals surface area contributed by atoms with Gasteiger partial charge >= 0.3 is 18.0 Å². The van der Waals surface area contributed by atoms with E-state index in [0.29, 0.717) is 0 Å². The van der Waals surface area contributed by atoms with Gasteiger partial charge in [0.2, 0.25) is 0 Å². The van der Waals surface area contributed by atoms with Crippen LogP contribution in [0.1, 0.15) is 39.7 Å². The molecule has 0 spiro atoms. The predicted molar refractivity (Wildman–Crippen MR) is 90.8 cm³/mol. The van der Waals surface area contributed by atoms with E-state index in [1.165, 1.54) is 6.92 Å². The summed E-state index contributed by atoms with van der Waals surface area (Å²) in [7, 11) is 0. The maximum Gasteiger partial charge on any atom is 0.408 e. The van der Waals surface area contributed by atoms with Crippen LogP contribution in [0, 0.1) is 5.92 Å². The summed E-state index contributed by atoms with van der Waals surface area (Å²) >= 11 is 0. The molecule has 7 heteroatoms. The molecule has 0 aromatic heterocycles. The highest BCUT2D eigenvalue weighted by atomic mass is 16.6. The Kier molecular flexibility index (Phi) is 7.42. The highest BCUT2D eigenvalue weighted by molar-refractivity contribution is 5.82. The molecule has 0 saturated carbocycles.